The van der Waals surface area contributed by atoms with Gasteiger partial charge in [-0.3, -0.25) is 9.59 Å². The average Bonchev–Trinajstić information content (AvgIpc) is 3.03. The Morgan fingerprint density at radius 3 is 1.23 bits per heavy atom. The van der Waals surface area contributed by atoms with Gasteiger partial charge >= 0.3 is 11.9 Å². The molecule has 8 heteroatoms. The van der Waals surface area contributed by atoms with Crippen LogP contribution in [0.15, 0.2) is 72.8 Å². The van der Waals surface area contributed by atoms with Crippen molar-refractivity contribution in [2.24, 2.45) is 0 Å². The van der Waals surface area contributed by atoms with Gasteiger partial charge in [0.15, 0.2) is 0 Å². The Kier molecular flexibility index (Phi) is 8.63. The Morgan fingerprint density at radius 2 is 0.841 bits per heavy atom. The van der Waals surface area contributed by atoms with Gasteiger partial charge in [-0.1, -0.05) is 35.8 Å². The van der Waals surface area contributed by atoms with E-state index in [4.69, 9.17) is 25.7 Å². The van der Waals surface area contributed by atoms with Crippen LogP contribution in [0, 0.1) is 49.4 Å². The molecule has 0 unspecified atom stereocenters. The second-order valence-corrected chi connectivity index (χ2v) is 9.21. The SMILES string of the molecule is C#Cc1cc(C#C)cc(NC(=O)c2ccc(-c3ccc(C(=O)O)c(C(=O)Nc4cc(C#C)cc(C#C)c4)c3)cc2C(=O)O)c1. The summed E-state index contributed by atoms with van der Waals surface area (Å²) in [4.78, 5) is 50.5. The van der Waals surface area contributed by atoms with Crippen LogP contribution in [-0.4, -0.2) is 34.0 Å². The second kappa shape index (κ2) is 12.7. The molecule has 4 aromatic rings. The lowest BCUT2D eigenvalue weighted by Gasteiger charge is -2.13. The van der Waals surface area contributed by atoms with E-state index < -0.39 is 23.8 Å². The largest absolute Gasteiger partial charge is 0.478 e. The number of carbonyl (C=O) groups is 4. The van der Waals surface area contributed by atoms with Crippen molar-refractivity contribution in [2.45, 2.75) is 0 Å². The molecular formula is C36H20N2O6. The van der Waals surface area contributed by atoms with E-state index in [-0.39, 0.29) is 33.6 Å². The van der Waals surface area contributed by atoms with Crippen LogP contribution in [0.2, 0.25) is 0 Å². The molecule has 0 atom stereocenters. The summed E-state index contributed by atoms with van der Waals surface area (Å²) < 4.78 is 0. The zero-order valence-electron chi connectivity index (χ0n) is 22.8. The molecule has 4 aromatic carbocycles. The highest BCUT2D eigenvalue weighted by Gasteiger charge is 2.21. The van der Waals surface area contributed by atoms with Crippen molar-refractivity contribution in [2.75, 3.05) is 10.6 Å². The quantitative estimate of drug-likeness (QED) is 0.224. The molecule has 44 heavy (non-hydrogen) atoms. The van der Waals surface area contributed by atoms with E-state index in [2.05, 4.69) is 34.3 Å². The Hall–Kier alpha value is -7.00. The zero-order chi connectivity index (χ0) is 32.0. The molecule has 0 aliphatic carbocycles. The van der Waals surface area contributed by atoms with Crippen molar-refractivity contribution >= 4 is 35.1 Å². The summed E-state index contributed by atoms with van der Waals surface area (Å²) in [6, 6.07) is 17.2. The molecule has 0 aromatic heterocycles. The minimum absolute atomic E-state index is 0.160. The van der Waals surface area contributed by atoms with Crippen LogP contribution in [-0.2, 0) is 0 Å². The minimum Gasteiger partial charge on any atom is -0.478 e. The summed E-state index contributed by atoms with van der Waals surface area (Å²) in [5, 5.41) is 24.9. The van der Waals surface area contributed by atoms with E-state index >= 15 is 0 Å². The summed E-state index contributed by atoms with van der Waals surface area (Å²) in [6.07, 6.45) is 21.8. The first kappa shape index (κ1) is 30.0. The maximum atomic E-state index is 13.3. The van der Waals surface area contributed by atoms with Crippen molar-refractivity contribution in [3.05, 3.63) is 117 Å². The molecule has 4 N–H and O–H groups in total. The molecule has 0 fully saturated rings. The van der Waals surface area contributed by atoms with Crippen molar-refractivity contribution in [1.29, 1.82) is 0 Å². The number of carboxylic acid groups (broad SMARTS) is 2. The highest BCUT2D eigenvalue weighted by atomic mass is 16.4. The lowest BCUT2D eigenvalue weighted by molar-refractivity contribution is 0.0683. The fourth-order valence-corrected chi connectivity index (χ4v) is 4.33. The Labute approximate surface area is 252 Å². The third-order valence-electron chi connectivity index (χ3n) is 6.37. The van der Waals surface area contributed by atoms with Gasteiger partial charge in [-0.2, -0.15) is 0 Å². The molecule has 0 saturated carbocycles. The summed E-state index contributed by atoms with van der Waals surface area (Å²) in [5.74, 6) is 5.49. The third kappa shape index (κ3) is 6.48. The highest BCUT2D eigenvalue weighted by molar-refractivity contribution is 6.13. The van der Waals surface area contributed by atoms with E-state index in [1.165, 1.54) is 60.7 Å². The lowest BCUT2D eigenvalue weighted by Crippen LogP contribution is -2.17. The van der Waals surface area contributed by atoms with Gasteiger partial charge in [-0.25, -0.2) is 9.59 Å². The number of hydrogen-bond donors (Lipinski definition) is 4. The predicted molar refractivity (Wildman–Crippen MR) is 166 cm³/mol. The van der Waals surface area contributed by atoms with Gasteiger partial charge in [-0.05, 0) is 71.8 Å². The van der Waals surface area contributed by atoms with Crippen molar-refractivity contribution < 1.29 is 29.4 Å². The van der Waals surface area contributed by atoms with Crippen LogP contribution in [0.25, 0.3) is 11.1 Å². The van der Waals surface area contributed by atoms with Crippen molar-refractivity contribution in [3.8, 4) is 60.5 Å². The van der Waals surface area contributed by atoms with Gasteiger partial charge in [0, 0.05) is 33.6 Å². The van der Waals surface area contributed by atoms with Crippen LogP contribution in [0.1, 0.15) is 63.7 Å². The van der Waals surface area contributed by atoms with Gasteiger partial charge < -0.3 is 20.8 Å². The van der Waals surface area contributed by atoms with Crippen molar-refractivity contribution in [3.63, 3.8) is 0 Å². The van der Waals surface area contributed by atoms with Gasteiger partial charge in [0.25, 0.3) is 11.8 Å². The minimum atomic E-state index is -1.39. The average molecular weight is 577 g/mol. The van der Waals surface area contributed by atoms with Crippen LogP contribution in [0.5, 0.6) is 0 Å². The summed E-state index contributed by atoms with van der Waals surface area (Å²) >= 11 is 0. The summed E-state index contributed by atoms with van der Waals surface area (Å²) in [5.41, 5.74) is 1.82. The van der Waals surface area contributed by atoms with Crippen LogP contribution in [0.3, 0.4) is 0 Å². The fraction of sp³-hybridized carbons (Fsp3) is 0. The molecule has 0 saturated heterocycles. The predicted octanol–water partition coefficient (Wildman–Crippen LogP) is 5.18. The first-order valence-corrected chi connectivity index (χ1v) is 12.6. The Morgan fingerprint density at radius 1 is 0.477 bits per heavy atom. The number of rotatable bonds is 7. The molecule has 0 heterocycles. The number of benzene rings is 4. The number of amides is 2. The molecule has 2 amide bonds. The number of carbonyl (C=O) groups excluding carboxylic acids is 2. The molecule has 4 rings (SSSR count). The van der Waals surface area contributed by atoms with Gasteiger partial charge in [0.05, 0.1) is 22.3 Å². The molecule has 0 aliphatic heterocycles. The maximum Gasteiger partial charge on any atom is 0.336 e. The van der Waals surface area contributed by atoms with Gasteiger partial charge in [0.2, 0.25) is 0 Å². The lowest BCUT2D eigenvalue weighted by atomic mass is 9.95. The topological polar surface area (TPSA) is 133 Å². The number of anilines is 2. The Balaban J connectivity index is 1.71. The first-order chi connectivity index (χ1) is 21.1. The number of hydrogen-bond acceptors (Lipinski definition) is 4. The third-order valence-corrected chi connectivity index (χ3v) is 6.37. The smallest absolute Gasteiger partial charge is 0.336 e. The molecule has 8 nitrogen and oxygen atoms in total. The molecule has 0 radical (unpaired) electrons. The highest BCUT2D eigenvalue weighted by Crippen LogP contribution is 2.27. The van der Waals surface area contributed by atoms with E-state index in [9.17, 15) is 29.4 Å². The molecule has 0 aliphatic rings. The zero-order valence-corrected chi connectivity index (χ0v) is 22.8. The first-order valence-electron chi connectivity index (χ1n) is 12.6. The van der Waals surface area contributed by atoms with Crippen LogP contribution >= 0.6 is 0 Å². The van der Waals surface area contributed by atoms with Gasteiger partial charge in [0.1, 0.15) is 0 Å². The molecule has 0 bridgehead atoms. The number of carboxylic acids is 2. The van der Waals surface area contributed by atoms with E-state index in [1.807, 2.05) is 0 Å². The van der Waals surface area contributed by atoms with E-state index in [1.54, 1.807) is 12.1 Å². The molecule has 0 spiro atoms. The number of aromatic carboxylic acids is 2. The van der Waals surface area contributed by atoms with Crippen LogP contribution in [0.4, 0.5) is 11.4 Å². The number of nitrogens with one attached hydrogen (secondary N) is 2. The molecular weight excluding hydrogens is 556 g/mol. The van der Waals surface area contributed by atoms with E-state index in [0.717, 1.165) is 0 Å². The summed E-state index contributed by atoms with van der Waals surface area (Å²) in [6.45, 7) is 0. The normalized spacial score (nSPS) is 9.82. The monoisotopic (exact) mass is 576 g/mol. The number of terminal acetylenes is 4. The second-order valence-electron chi connectivity index (χ2n) is 9.21. The fourth-order valence-electron chi connectivity index (χ4n) is 4.33. The standard InChI is InChI=1S/C36H20N2O6/c1-5-21-13-22(6-2)16-27(15-21)37-33(39)29-11-9-26(20-32(29)36(43)44)25-10-12-30(35(41)42)31(19-25)34(40)38-28-17-23(7-3)14-24(8-4)18-28/h1-4,9-20H,(H,37,39)(H,38,40)(H,41,42)(H,43,44). The maximum absolute atomic E-state index is 13.3. The van der Waals surface area contributed by atoms with Gasteiger partial charge in [-0.15, -0.1) is 25.7 Å². The Bertz CT molecular complexity index is 2000. The summed E-state index contributed by atoms with van der Waals surface area (Å²) in [7, 11) is 0. The van der Waals surface area contributed by atoms with Crippen molar-refractivity contribution in [1.82, 2.24) is 0 Å². The molecule has 210 valence electrons. The van der Waals surface area contributed by atoms with Crippen LogP contribution < -0.4 is 10.6 Å². The van der Waals surface area contributed by atoms with E-state index in [0.29, 0.717) is 33.4 Å².